The summed E-state index contributed by atoms with van der Waals surface area (Å²) in [6.07, 6.45) is 3.89. The molecule has 0 aromatic heterocycles. The van der Waals surface area contributed by atoms with Crippen molar-refractivity contribution in [3.63, 3.8) is 0 Å². The molecule has 1 saturated heterocycles. The van der Waals surface area contributed by atoms with Crippen LogP contribution in [0.1, 0.15) is 58.6 Å². The van der Waals surface area contributed by atoms with Gasteiger partial charge in [0.2, 0.25) is 0 Å². The predicted octanol–water partition coefficient (Wildman–Crippen LogP) is 5.14. The Balaban J connectivity index is 2.13. The summed E-state index contributed by atoms with van der Waals surface area (Å²) in [5.41, 5.74) is 3.18. The Hall–Kier alpha value is -0.540. The van der Waals surface area contributed by atoms with Gasteiger partial charge >= 0.3 is 0 Å². The molecule has 1 atom stereocenters. The fourth-order valence-corrected chi connectivity index (χ4v) is 3.78. The van der Waals surface area contributed by atoms with Crippen LogP contribution in [-0.2, 0) is 0 Å². The standard InChI is InChI=1S/C18H29BrN2/c1-5-20-14(2)15-7-8-17(16(19)13-15)21-11-6-9-18(3,4)10-12-21/h7-8,13-14,20H,5-6,9-12H2,1-4H3. The number of rotatable bonds is 4. The van der Waals surface area contributed by atoms with Gasteiger partial charge < -0.3 is 10.2 Å². The number of hydrogen-bond acceptors (Lipinski definition) is 2. The molecule has 0 aliphatic carbocycles. The molecule has 1 aliphatic rings. The summed E-state index contributed by atoms with van der Waals surface area (Å²) in [7, 11) is 0. The van der Waals surface area contributed by atoms with E-state index in [2.05, 4.69) is 72.0 Å². The van der Waals surface area contributed by atoms with Gasteiger partial charge in [0.05, 0.1) is 5.69 Å². The van der Waals surface area contributed by atoms with Crippen LogP contribution in [0, 0.1) is 5.41 Å². The first-order valence-corrected chi connectivity index (χ1v) is 9.00. The number of nitrogens with one attached hydrogen (secondary N) is 1. The first kappa shape index (κ1) is 16.8. The first-order chi connectivity index (χ1) is 9.93. The van der Waals surface area contributed by atoms with E-state index in [1.165, 1.54) is 41.5 Å². The maximum Gasteiger partial charge on any atom is 0.0510 e. The Bertz CT molecular complexity index is 470. The van der Waals surface area contributed by atoms with Crippen LogP contribution in [-0.4, -0.2) is 19.6 Å². The Morgan fingerprint density at radius 2 is 2.05 bits per heavy atom. The zero-order valence-corrected chi connectivity index (χ0v) is 15.5. The number of anilines is 1. The number of halogens is 1. The maximum atomic E-state index is 3.79. The van der Waals surface area contributed by atoms with Crippen LogP contribution in [0.25, 0.3) is 0 Å². The average Bonchev–Trinajstić information content (AvgIpc) is 2.60. The summed E-state index contributed by atoms with van der Waals surface area (Å²) in [5.74, 6) is 0. The minimum atomic E-state index is 0.406. The molecule has 0 saturated carbocycles. The number of benzene rings is 1. The van der Waals surface area contributed by atoms with Gasteiger partial charge in [-0.2, -0.15) is 0 Å². The molecular weight excluding hydrogens is 324 g/mol. The second kappa shape index (κ2) is 7.15. The molecule has 1 aliphatic heterocycles. The van der Waals surface area contributed by atoms with E-state index in [0.717, 1.165) is 13.1 Å². The van der Waals surface area contributed by atoms with E-state index in [0.29, 0.717) is 11.5 Å². The molecule has 0 spiro atoms. The summed E-state index contributed by atoms with van der Waals surface area (Å²) >= 11 is 3.79. The predicted molar refractivity (Wildman–Crippen MR) is 96.1 cm³/mol. The maximum absolute atomic E-state index is 3.79. The monoisotopic (exact) mass is 352 g/mol. The van der Waals surface area contributed by atoms with Crippen molar-refractivity contribution < 1.29 is 0 Å². The highest BCUT2D eigenvalue weighted by Crippen LogP contribution is 2.35. The molecule has 1 aromatic rings. The second-order valence-corrected chi connectivity index (χ2v) is 7.85. The first-order valence-electron chi connectivity index (χ1n) is 8.21. The van der Waals surface area contributed by atoms with E-state index in [1.54, 1.807) is 0 Å². The van der Waals surface area contributed by atoms with Crippen molar-refractivity contribution in [3.05, 3.63) is 28.2 Å². The van der Waals surface area contributed by atoms with Gasteiger partial charge in [-0.3, -0.25) is 0 Å². The van der Waals surface area contributed by atoms with Crippen LogP contribution in [0.3, 0.4) is 0 Å². The third-order valence-corrected chi connectivity index (χ3v) is 5.30. The van der Waals surface area contributed by atoms with Crippen LogP contribution in [0.4, 0.5) is 5.69 Å². The Labute approximate surface area is 138 Å². The molecule has 0 radical (unpaired) electrons. The Morgan fingerprint density at radius 3 is 2.71 bits per heavy atom. The van der Waals surface area contributed by atoms with Crippen molar-refractivity contribution in [2.45, 2.75) is 53.0 Å². The molecule has 1 heterocycles. The van der Waals surface area contributed by atoms with Gasteiger partial charge in [-0.1, -0.05) is 26.8 Å². The van der Waals surface area contributed by atoms with Crippen molar-refractivity contribution in [2.75, 3.05) is 24.5 Å². The van der Waals surface area contributed by atoms with Crippen LogP contribution < -0.4 is 10.2 Å². The number of nitrogens with zero attached hydrogens (tertiary/aromatic N) is 1. The van der Waals surface area contributed by atoms with Gasteiger partial charge in [0, 0.05) is 23.6 Å². The molecule has 118 valence electrons. The smallest absolute Gasteiger partial charge is 0.0510 e. The quantitative estimate of drug-likeness (QED) is 0.807. The van der Waals surface area contributed by atoms with Crippen molar-refractivity contribution in [2.24, 2.45) is 5.41 Å². The molecule has 3 heteroatoms. The number of hydrogen-bond donors (Lipinski definition) is 1. The largest absolute Gasteiger partial charge is 0.371 e. The molecular formula is C18H29BrN2. The van der Waals surface area contributed by atoms with E-state index in [9.17, 15) is 0 Å². The van der Waals surface area contributed by atoms with Crippen LogP contribution >= 0.6 is 15.9 Å². The van der Waals surface area contributed by atoms with E-state index in [-0.39, 0.29) is 0 Å². The van der Waals surface area contributed by atoms with Gasteiger partial charge in [-0.15, -0.1) is 0 Å². The van der Waals surface area contributed by atoms with Crippen LogP contribution in [0.15, 0.2) is 22.7 Å². The molecule has 1 N–H and O–H groups in total. The van der Waals surface area contributed by atoms with E-state index < -0.39 is 0 Å². The fourth-order valence-electron chi connectivity index (χ4n) is 3.14. The lowest BCUT2D eigenvalue weighted by atomic mass is 9.85. The zero-order chi connectivity index (χ0) is 15.5. The Kier molecular flexibility index (Phi) is 5.73. The highest BCUT2D eigenvalue weighted by atomic mass is 79.9. The molecule has 2 nitrogen and oxygen atoms in total. The lowest BCUT2D eigenvalue weighted by Gasteiger charge is -2.26. The van der Waals surface area contributed by atoms with Gasteiger partial charge in [-0.05, 0) is 71.8 Å². The zero-order valence-electron chi connectivity index (χ0n) is 13.9. The second-order valence-electron chi connectivity index (χ2n) is 7.00. The lowest BCUT2D eigenvalue weighted by Crippen LogP contribution is -2.25. The van der Waals surface area contributed by atoms with Gasteiger partial charge in [-0.25, -0.2) is 0 Å². The third kappa shape index (κ3) is 4.46. The topological polar surface area (TPSA) is 15.3 Å². The summed E-state index contributed by atoms with van der Waals surface area (Å²) in [6, 6.07) is 7.23. The molecule has 21 heavy (non-hydrogen) atoms. The van der Waals surface area contributed by atoms with Crippen LogP contribution in [0.5, 0.6) is 0 Å². The molecule has 2 rings (SSSR count). The third-order valence-electron chi connectivity index (χ3n) is 4.66. The molecule has 0 amide bonds. The fraction of sp³-hybridized carbons (Fsp3) is 0.667. The summed E-state index contributed by atoms with van der Waals surface area (Å²) in [4.78, 5) is 2.54. The summed E-state index contributed by atoms with van der Waals surface area (Å²) in [6.45, 7) is 12.5. The van der Waals surface area contributed by atoms with Gasteiger partial charge in [0.25, 0.3) is 0 Å². The van der Waals surface area contributed by atoms with E-state index >= 15 is 0 Å². The van der Waals surface area contributed by atoms with Crippen molar-refractivity contribution in [1.29, 1.82) is 0 Å². The molecule has 1 fully saturated rings. The summed E-state index contributed by atoms with van der Waals surface area (Å²) in [5, 5.41) is 3.47. The average molecular weight is 353 g/mol. The normalized spacial score (nSPS) is 20.1. The van der Waals surface area contributed by atoms with Crippen LogP contribution in [0.2, 0.25) is 0 Å². The highest BCUT2D eigenvalue weighted by molar-refractivity contribution is 9.10. The lowest BCUT2D eigenvalue weighted by molar-refractivity contribution is 0.325. The van der Waals surface area contributed by atoms with Gasteiger partial charge in [0.1, 0.15) is 0 Å². The SMILES string of the molecule is CCNC(C)c1ccc(N2CCCC(C)(C)CC2)c(Br)c1. The van der Waals surface area contributed by atoms with Crippen molar-refractivity contribution in [3.8, 4) is 0 Å². The minimum absolute atomic E-state index is 0.406. The van der Waals surface area contributed by atoms with E-state index in [1.807, 2.05) is 0 Å². The van der Waals surface area contributed by atoms with Crippen molar-refractivity contribution >= 4 is 21.6 Å². The molecule has 1 unspecified atom stereocenters. The van der Waals surface area contributed by atoms with Crippen molar-refractivity contribution in [1.82, 2.24) is 5.32 Å². The molecule has 1 aromatic carbocycles. The Morgan fingerprint density at radius 1 is 1.29 bits per heavy atom. The van der Waals surface area contributed by atoms with E-state index in [4.69, 9.17) is 0 Å². The highest BCUT2D eigenvalue weighted by Gasteiger charge is 2.24. The molecule has 0 bridgehead atoms. The van der Waals surface area contributed by atoms with Gasteiger partial charge in [0.15, 0.2) is 0 Å². The summed E-state index contributed by atoms with van der Waals surface area (Å²) < 4.78 is 1.23. The minimum Gasteiger partial charge on any atom is -0.371 e.